The minimum absolute atomic E-state index is 0.161. The summed E-state index contributed by atoms with van der Waals surface area (Å²) < 4.78 is 0. The highest BCUT2D eigenvalue weighted by Crippen LogP contribution is 2.64. The SMILES string of the molecule is CN(C)c1ccc(/C=C2/C[C@@H]3[C@H]4CC=C5C[C@@H](O)CC[C@]5(C)[C@@H]4CC[C@]3(C)C2=O)cc1. The van der Waals surface area contributed by atoms with Crippen molar-refractivity contribution in [3.05, 3.63) is 47.1 Å². The molecule has 3 heteroatoms. The van der Waals surface area contributed by atoms with Gasteiger partial charge in [0.25, 0.3) is 0 Å². The first-order valence-corrected chi connectivity index (χ1v) is 12.1. The summed E-state index contributed by atoms with van der Waals surface area (Å²) in [5.41, 5.74) is 4.86. The van der Waals surface area contributed by atoms with Gasteiger partial charge in [-0.15, -0.1) is 0 Å². The number of carbonyl (C=O) groups excluding carboxylic acids is 1. The number of fused-ring (bicyclic) bond motifs is 5. The molecule has 5 rings (SSSR count). The van der Waals surface area contributed by atoms with E-state index in [2.05, 4.69) is 55.2 Å². The second-order valence-electron chi connectivity index (χ2n) is 11.3. The van der Waals surface area contributed by atoms with Crippen LogP contribution in [0.15, 0.2) is 41.5 Å². The topological polar surface area (TPSA) is 40.5 Å². The summed E-state index contributed by atoms with van der Waals surface area (Å²) in [6.45, 7) is 4.70. The highest BCUT2D eigenvalue weighted by molar-refractivity contribution is 6.06. The van der Waals surface area contributed by atoms with Crippen molar-refractivity contribution in [1.82, 2.24) is 0 Å². The van der Waals surface area contributed by atoms with E-state index in [1.54, 1.807) is 0 Å². The van der Waals surface area contributed by atoms with Crippen LogP contribution in [0.1, 0.15) is 64.4 Å². The number of hydrogen-bond donors (Lipinski definition) is 1. The molecule has 4 aliphatic carbocycles. The summed E-state index contributed by atoms with van der Waals surface area (Å²) >= 11 is 0. The van der Waals surface area contributed by atoms with Crippen LogP contribution in [0, 0.1) is 28.6 Å². The Labute approximate surface area is 187 Å². The Balaban J connectivity index is 1.44. The molecule has 0 saturated heterocycles. The number of aliphatic hydroxyl groups excluding tert-OH is 1. The van der Waals surface area contributed by atoms with Crippen LogP contribution in [0.2, 0.25) is 0 Å². The lowest BCUT2D eigenvalue weighted by Crippen LogP contribution is -2.50. The maximum Gasteiger partial charge on any atom is 0.165 e. The summed E-state index contributed by atoms with van der Waals surface area (Å²) in [5, 5.41) is 10.2. The fraction of sp³-hybridized carbons (Fsp3) is 0.607. The molecule has 0 amide bonds. The van der Waals surface area contributed by atoms with Crippen LogP contribution < -0.4 is 4.90 Å². The fourth-order valence-corrected chi connectivity index (χ4v) is 7.51. The second kappa shape index (κ2) is 7.33. The molecule has 6 atom stereocenters. The van der Waals surface area contributed by atoms with Crippen LogP contribution in [-0.4, -0.2) is 31.1 Å². The lowest BCUT2D eigenvalue weighted by atomic mass is 9.48. The maximum atomic E-state index is 13.6. The van der Waals surface area contributed by atoms with E-state index in [4.69, 9.17) is 0 Å². The first-order chi connectivity index (χ1) is 14.7. The van der Waals surface area contributed by atoms with Gasteiger partial charge < -0.3 is 10.0 Å². The van der Waals surface area contributed by atoms with Crippen molar-refractivity contribution >= 4 is 17.5 Å². The van der Waals surface area contributed by atoms with Gasteiger partial charge in [0.05, 0.1) is 6.10 Å². The molecule has 0 bridgehead atoms. The Kier molecular flexibility index (Phi) is 4.97. The van der Waals surface area contributed by atoms with E-state index in [-0.39, 0.29) is 16.9 Å². The summed E-state index contributed by atoms with van der Waals surface area (Å²) in [6, 6.07) is 8.52. The van der Waals surface area contributed by atoms with E-state index in [9.17, 15) is 9.90 Å². The van der Waals surface area contributed by atoms with E-state index < -0.39 is 0 Å². The Morgan fingerprint density at radius 2 is 1.71 bits per heavy atom. The molecule has 0 spiro atoms. The van der Waals surface area contributed by atoms with E-state index in [0.29, 0.717) is 23.5 Å². The van der Waals surface area contributed by atoms with Crippen LogP contribution in [0.3, 0.4) is 0 Å². The van der Waals surface area contributed by atoms with E-state index >= 15 is 0 Å². The number of hydrogen-bond acceptors (Lipinski definition) is 3. The van der Waals surface area contributed by atoms with Crippen molar-refractivity contribution in [3.63, 3.8) is 0 Å². The van der Waals surface area contributed by atoms with Gasteiger partial charge in [-0.05, 0) is 97.5 Å². The summed E-state index contributed by atoms with van der Waals surface area (Å²) in [7, 11) is 4.10. The van der Waals surface area contributed by atoms with E-state index in [1.165, 1.54) is 11.3 Å². The predicted molar refractivity (Wildman–Crippen MR) is 127 cm³/mol. The van der Waals surface area contributed by atoms with Gasteiger partial charge >= 0.3 is 0 Å². The molecule has 0 aromatic heterocycles. The van der Waals surface area contributed by atoms with Crippen LogP contribution in [-0.2, 0) is 4.79 Å². The van der Waals surface area contributed by atoms with Gasteiger partial charge in [-0.2, -0.15) is 0 Å². The smallest absolute Gasteiger partial charge is 0.165 e. The van der Waals surface area contributed by atoms with E-state index in [1.807, 2.05) is 14.1 Å². The average Bonchev–Trinajstić information content (AvgIpc) is 2.99. The molecule has 3 nitrogen and oxygen atoms in total. The van der Waals surface area contributed by atoms with Gasteiger partial charge in [0.15, 0.2) is 5.78 Å². The van der Waals surface area contributed by atoms with Crippen LogP contribution in [0.5, 0.6) is 0 Å². The van der Waals surface area contributed by atoms with Gasteiger partial charge in [0.1, 0.15) is 0 Å². The molecule has 0 heterocycles. The normalized spacial score (nSPS) is 40.7. The van der Waals surface area contributed by atoms with Gasteiger partial charge in [-0.1, -0.05) is 37.6 Å². The van der Waals surface area contributed by atoms with Crippen molar-refractivity contribution in [1.29, 1.82) is 0 Å². The molecule has 1 N–H and O–H groups in total. The highest BCUT2D eigenvalue weighted by atomic mass is 16.3. The number of benzene rings is 1. The lowest BCUT2D eigenvalue weighted by molar-refractivity contribution is -0.130. The quantitative estimate of drug-likeness (QED) is 0.498. The average molecular weight is 420 g/mol. The minimum atomic E-state index is -0.202. The number of aliphatic hydroxyl groups is 1. The molecule has 4 aliphatic rings. The highest BCUT2D eigenvalue weighted by Gasteiger charge is 2.59. The zero-order chi connectivity index (χ0) is 22.0. The molecule has 1 aromatic rings. The number of carbonyl (C=O) groups is 1. The predicted octanol–water partition coefficient (Wildman–Crippen LogP) is 5.64. The van der Waals surface area contributed by atoms with Crippen LogP contribution in [0.4, 0.5) is 5.69 Å². The maximum absolute atomic E-state index is 13.6. The second-order valence-corrected chi connectivity index (χ2v) is 11.3. The molecule has 0 aliphatic heterocycles. The molecule has 0 unspecified atom stereocenters. The van der Waals surface area contributed by atoms with Crippen molar-refractivity contribution in [2.45, 2.75) is 64.9 Å². The van der Waals surface area contributed by atoms with Crippen LogP contribution in [0.25, 0.3) is 6.08 Å². The first-order valence-electron chi connectivity index (χ1n) is 12.1. The molecule has 3 fully saturated rings. The van der Waals surface area contributed by atoms with E-state index in [0.717, 1.165) is 56.1 Å². The summed E-state index contributed by atoms with van der Waals surface area (Å²) in [5.74, 6) is 2.09. The number of anilines is 1. The number of rotatable bonds is 2. The zero-order valence-electron chi connectivity index (χ0n) is 19.5. The fourth-order valence-electron chi connectivity index (χ4n) is 7.51. The number of ketones is 1. The molecule has 0 radical (unpaired) electrons. The van der Waals surface area contributed by atoms with Crippen molar-refractivity contribution in [3.8, 4) is 0 Å². The van der Waals surface area contributed by atoms with Crippen molar-refractivity contribution < 1.29 is 9.90 Å². The number of Topliss-reactive ketones (excluding diaryl/α,β-unsaturated/α-hetero) is 1. The summed E-state index contributed by atoms with van der Waals surface area (Å²) in [4.78, 5) is 15.7. The molecule has 1 aromatic carbocycles. The Bertz CT molecular complexity index is 942. The molecular formula is C28H37NO2. The molecule has 3 saturated carbocycles. The Hall–Kier alpha value is -1.87. The lowest BCUT2D eigenvalue weighted by Gasteiger charge is -2.56. The minimum Gasteiger partial charge on any atom is -0.393 e. The van der Waals surface area contributed by atoms with Crippen molar-refractivity contribution in [2.24, 2.45) is 28.6 Å². The van der Waals surface area contributed by atoms with Crippen LogP contribution >= 0.6 is 0 Å². The number of allylic oxidation sites excluding steroid dienone is 2. The molecule has 166 valence electrons. The third-order valence-electron chi connectivity index (χ3n) is 9.47. The summed E-state index contributed by atoms with van der Waals surface area (Å²) in [6.07, 6.45) is 11.5. The standard InChI is InChI=1S/C28H37NO2/c1-27-13-11-22(30)17-20(27)7-10-23-24(27)12-14-28(2)25(23)16-19(26(28)31)15-18-5-8-21(9-6-18)29(3)4/h5-9,15,22-25,30H,10-14,16-17H2,1-4H3/b19-15-/t22-,23-,24+,25+,27-,28-/m0/s1. The van der Waals surface area contributed by atoms with Crippen molar-refractivity contribution in [2.75, 3.05) is 19.0 Å². The van der Waals surface area contributed by atoms with Gasteiger partial charge in [0.2, 0.25) is 0 Å². The first kappa shape index (κ1) is 21.0. The Morgan fingerprint density at radius 3 is 2.42 bits per heavy atom. The Morgan fingerprint density at radius 1 is 1.00 bits per heavy atom. The third kappa shape index (κ3) is 3.23. The zero-order valence-corrected chi connectivity index (χ0v) is 19.5. The third-order valence-corrected chi connectivity index (χ3v) is 9.47. The van der Waals surface area contributed by atoms with Gasteiger partial charge in [0, 0.05) is 25.2 Å². The molecule has 31 heavy (non-hydrogen) atoms. The van der Waals surface area contributed by atoms with Gasteiger partial charge in [-0.25, -0.2) is 0 Å². The van der Waals surface area contributed by atoms with Gasteiger partial charge in [-0.3, -0.25) is 4.79 Å². The number of nitrogens with zero attached hydrogens (tertiary/aromatic N) is 1. The monoisotopic (exact) mass is 419 g/mol. The largest absolute Gasteiger partial charge is 0.393 e. The molecular weight excluding hydrogens is 382 g/mol.